The molecule has 1 heterocycles. The monoisotopic (exact) mass is 395 g/mol. The molecule has 0 saturated heterocycles. The zero-order valence-electron chi connectivity index (χ0n) is 16.6. The predicted molar refractivity (Wildman–Crippen MR) is 111 cm³/mol. The number of hydrogen-bond acceptors (Lipinski definition) is 5. The number of benzene rings is 1. The lowest BCUT2D eigenvalue weighted by Gasteiger charge is -2.16. The average Bonchev–Trinajstić information content (AvgIpc) is 3.47. The van der Waals surface area contributed by atoms with Crippen molar-refractivity contribution in [2.75, 3.05) is 30.8 Å². The molecule has 8 nitrogen and oxygen atoms in total. The molecule has 2 aromatic rings. The molecule has 1 aromatic heterocycles. The van der Waals surface area contributed by atoms with Crippen molar-refractivity contribution in [3.63, 3.8) is 0 Å². The lowest BCUT2D eigenvalue weighted by atomic mass is 10.2. The van der Waals surface area contributed by atoms with Gasteiger partial charge >= 0.3 is 0 Å². The molecule has 1 saturated carbocycles. The van der Waals surface area contributed by atoms with Gasteiger partial charge in [-0.25, -0.2) is 4.98 Å². The van der Waals surface area contributed by atoms with Gasteiger partial charge in [0.15, 0.2) is 0 Å². The van der Waals surface area contributed by atoms with E-state index in [4.69, 9.17) is 0 Å². The van der Waals surface area contributed by atoms with Crippen LogP contribution in [0.1, 0.15) is 28.8 Å². The van der Waals surface area contributed by atoms with E-state index in [1.165, 1.54) is 0 Å². The summed E-state index contributed by atoms with van der Waals surface area (Å²) in [5.74, 6) is -0.189. The quantitative estimate of drug-likeness (QED) is 0.632. The molecular formula is C21H25N5O3. The van der Waals surface area contributed by atoms with E-state index < -0.39 is 0 Å². The van der Waals surface area contributed by atoms with Gasteiger partial charge < -0.3 is 16.0 Å². The van der Waals surface area contributed by atoms with E-state index in [1.54, 1.807) is 48.5 Å². The van der Waals surface area contributed by atoms with Gasteiger partial charge in [-0.15, -0.1) is 0 Å². The first-order valence-corrected chi connectivity index (χ1v) is 9.51. The molecule has 3 rings (SSSR count). The average molecular weight is 395 g/mol. The van der Waals surface area contributed by atoms with E-state index in [2.05, 4.69) is 20.9 Å². The first-order valence-electron chi connectivity index (χ1n) is 9.51. The fraction of sp³-hybridized carbons (Fsp3) is 0.333. The van der Waals surface area contributed by atoms with Gasteiger partial charge in [-0.3, -0.25) is 19.3 Å². The van der Waals surface area contributed by atoms with Crippen molar-refractivity contribution in [1.82, 2.24) is 15.2 Å². The van der Waals surface area contributed by atoms with Gasteiger partial charge in [0.25, 0.3) is 5.91 Å². The summed E-state index contributed by atoms with van der Waals surface area (Å²) in [4.78, 5) is 42.2. The number of amides is 3. The largest absolute Gasteiger partial charge is 0.349 e. The maximum Gasteiger partial charge on any atom is 0.251 e. The van der Waals surface area contributed by atoms with Gasteiger partial charge in [-0.05, 0) is 56.6 Å². The van der Waals surface area contributed by atoms with Gasteiger partial charge in [0, 0.05) is 23.5 Å². The number of hydrogen-bond donors (Lipinski definition) is 3. The van der Waals surface area contributed by atoms with Crippen molar-refractivity contribution < 1.29 is 14.4 Å². The Hall–Kier alpha value is -3.26. The Kier molecular flexibility index (Phi) is 6.56. The number of carbonyl (C=O) groups excluding carboxylic acids is 3. The number of aryl methyl sites for hydroxylation is 1. The Bertz CT molecular complexity index is 893. The van der Waals surface area contributed by atoms with E-state index >= 15 is 0 Å². The number of pyridine rings is 1. The molecule has 1 aromatic carbocycles. The molecule has 152 valence electrons. The molecule has 8 heteroatoms. The van der Waals surface area contributed by atoms with Crippen molar-refractivity contribution in [2.24, 2.45) is 0 Å². The molecule has 1 fully saturated rings. The molecule has 0 aliphatic heterocycles. The number of nitrogens with one attached hydrogen (secondary N) is 3. The van der Waals surface area contributed by atoms with Crippen LogP contribution in [0.4, 0.5) is 11.5 Å². The van der Waals surface area contributed by atoms with E-state index in [1.807, 2.05) is 13.0 Å². The van der Waals surface area contributed by atoms with E-state index in [-0.39, 0.29) is 36.9 Å². The van der Waals surface area contributed by atoms with Crippen molar-refractivity contribution in [3.05, 3.63) is 53.7 Å². The molecule has 0 radical (unpaired) electrons. The van der Waals surface area contributed by atoms with Gasteiger partial charge in [-0.1, -0.05) is 12.1 Å². The van der Waals surface area contributed by atoms with Crippen LogP contribution in [-0.2, 0) is 9.59 Å². The minimum absolute atomic E-state index is 0.0350. The number of aromatic nitrogens is 1. The van der Waals surface area contributed by atoms with Gasteiger partial charge in [0.1, 0.15) is 5.82 Å². The van der Waals surface area contributed by atoms with Crippen molar-refractivity contribution in [2.45, 2.75) is 25.8 Å². The third kappa shape index (κ3) is 6.69. The van der Waals surface area contributed by atoms with Crippen molar-refractivity contribution in [3.8, 4) is 0 Å². The molecule has 0 spiro atoms. The summed E-state index contributed by atoms with van der Waals surface area (Å²) >= 11 is 0. The highest BCUT2D eigenvalue weighted by Crippen LogP contribution is 2.20. The Morgan fingerprint density at radius 3 is 2.45 bits per heavy atom. The molecule has 1 aliphatic rings. The second kappa shape index (κ2) is 9.29. The lowest BCUT2D eigenvalue weighted by molar-refractivity contribution is -0.119. The third-order valence-electron chi connectivity index (χ3n) is 4.33. The van der Waals surface area contributed by atoms with Crippen LogP contribution in [0.3, 0.4) is 0 Å². The van der Waals surface area contributed by atoms with Crippen LogP contribution in [0, 0.1) is 6.92 Å². The van der Waals surface area contributed by atoms with E-state index in [9.17, 15) is 14.4 Å². The third-order valence-corrected chi connectivity index (χ3v) is 4.33. The van der Waals surface area contributed by atoms with Gasteiger partial charge in [0.05, 0.1) is 13.1 Å². The summed E-state index contributed by atoms with van der Waals surface area (Å²) in [5.41, 5.74) is 2.05. The van der Waals surface area contributed by atoms with E-state index in [0.29, 0.717) is 17.1 Å². The molecular weight excluding hydrogens is 370 g/mol. The number of likely N-dealkylation sites (N-methyl/N-ethyl adjacent to an activating group) is 1. The van der Waals surface area contributed by atoms with Crippen LogP contribution in [0.5, 0.6) is 0 Å². The Morgan fingerprint density at radius 2 is 1.79 bits per heavy atom. The number of carbonyl (C=O) groups is 3. The summed E-state index contributed by atoms with van der Waals surface area (Å²) in [6, 6.07) is 10.7. The Morgan fingerprint density at radius 1 is 1.07 bits per heavy atom. The first kappa shape index (κ1) is 20.5. The van der Waals surface area contributed by atoms with Gasteiger partial charge in [-0.2, -0.15) is 0 Å². The predicted octanol–water partition coefficient (Wildman–Crippen LogP) is 1.79. The summed E-state index contributed by atoms with van der Waals surface area (Å²) in [5, 5.41) is 8.38. The second-order valence-electron chi connectivity index (χ2n) is 7.32. The highest BCUT2D eigenvalue weighted by molar-refractivity contribution is 5.98. The van der Waals surface area contributed by atoms with E-state index in [0.717, 1.165) is 18.4 Å². The maximum atomic E-state index is 12.3. The smallest absolute Gasteiger partial charge is 0.251 e. The fourth-order valence-electron chi connectivity index (χ4n) is 2.71. The maximum absolute atomic E-state index is 12.3. The van der Waals surface area contributed by atoms with Crippen LogP contribution in [0.2, 0.25) is 0 Å². The highest BCUT2D eigenvalue weighted by atomic mass is 16.2. The molecule has 1 aliphatic carbocycles. The number of nitrogens with zero attached hydrogens (tertiary/aromatic N) is 2. The number of rotatable bonds is 8. The highest BCUT2D eigenvalue weighted by Gasteiger charge is 2.23. The minimum Gasteiger partial charge on any atom is -0.349 e. The summed E-state index contributed by atoms with van der Waals surface area (Å²) in [6.45, 7) is 2.00. The van der Waals surface area contributed by atoms with Crippen LogP contribution < -0.4 is 16.0 Å². The summed E-state index contributed by atoms with van der Waals surface area (Å²) < 4.78 is 0. The SMILES string of the molecule is Cc1ccc(NC(=O)CN(C)CC(=O)Nc2cccc(C(=O)NC3CC3)c2)nc1. The minimum atomic E-state index is -0.270. The summed E-state index contributed by atoms with van der Waals surface area (Å²) in [7, 11) is 1.68. The van der Waals surface area contributed by atoms with Gasteiger partial charge in [0.2, 0.25) is 11.8 Å². The van der Waals surface area contributed by atoms with Crippen molar-refractivity contribution >= 4 is 29.2 Å². The summed E-state index contributed by atoms with van der Waals surface area (Å²) in [6.07, 6.45) is 3.70. The zero-order valence-corrected chi connectivity index (χ0v) is 16.6. The Labute approximate surface area is 169 Å². The molecule has 0 bridgehead atoms. The van der Waals surface area contributed by atoms with Crippen LogP contribution in [-0.4, -0.2) is 53.8 Å². The lowest BCUT2D eigenvalue weighted by Crippen LogP contribution is -2.36. The molecule has 29 heavy (non-hydrogen) atoms. The topological polar surface area (TPSA) is 103 Å². The molecule has 0 atom stereocenters. The molecule has 3 amide bonds. The zero-order chi connectivity index (χ0) is 20.8. The second-order valence-corrected chi connectivity index (χ2v) is 7.32. The van der Waals surface area contributed by atoms with Crippen LogP contribution in [0.25, 0.3) is 0 Å². The first-order chi connectivity index (χ1) is 13.9. The molecule has 3 N–H and O–H groups in total. The standard InChI is InChI=1S/C21H25N5O3/c1-14-6-9-18(22-11-14)25-20(28)13-26(2)12-19(27)23-17-5-3-4-15(10-17)21(29)24-16-7-8-16/h3-6,9-11,16H,7-8,12-13H2,1-2H3,(H,23,27)(H,24,29)(H,22,25,28). The molecule has 0 unspecified atom stereocenters. The number of anilines is 2. The van der Waals surface area contributed by atoms with Crippen LogP contribution in [0.15, 0.2) is 42.6 Å². The van der Waals surface area contributed by atoms with Crippen molar-refractivity contribution in [1.29, 1.82) is 0 Å². The Balaban J connectivity index is 1.46. The fourth-order valence-corrected chi connectivity index (χ4v) is 2.71. The van der Waals surface area contributed by atoms with Crippen LogP contribution >= 0.6 is 0 Å². The normalized spacial score (nSPS) is 13.1.